The molecule has 0 unspecified atom stereocenters. The van der Waals surface area contributed by atoms with Crippen LogP contribution < -0.4 is 0 Å². The maximum Gasteiger partial charge on any atom is 0.337 e. The molecule has 0 atom stereocenters. The van der Waals surface area contributed by atoms with Gasteiger partial charge in [0.05, 0.1) is 28.8 Å². The van der Waals surface area contributed by atoms with Gasteiger partial charge >= 0.3 is 5.97 Å². The van der Waals surface area contributed by atoms with Gasteiger partial charge < -0.3 is 14.2 Å². The first kappa shape index (κ1) is 15.8. The lowest BCUT2D eigenvalue weighted by atomic mass is 10.0. The summed E-state index contributed by atoms with van der Waals surface area (Å²) in [6.07, 6.45) is 3.38. The molecule has 0 spiro atoms. The summed E-state index contributed by atoms with van der Waals surface area (Å²) >= 11 is 0. The molecule has 0 amide bonds. The van der Waals surface area contributed by atoms with Gasteiger partial charge in [-0.25, -0.2) is 9.78 Å². The first-order valence-electron chi connectivity index (χ1n) is 8.04. The zero-order valence-electron chi connectivity index (χ0n) is 14.0. The number of imidazole rings is 1. The van der Waals surface area contributed by atoms with Crippen molar-refractivity contribution in [2.45, 2.75) is 6.92 Å². The number of aryl methyl sites for hydroxylation is 1. The Morgan fingerprint density at radius 2 is 1.81 bits per heavy atom. The first-order valence-corrected chi connectivity index (χ1v) is 8.04. The number of benzene rings is 2. The largest absolute Gasteiger partial charge is 0.478 e. The standard InChI is InChI=1S/C20H15N3O3/c1-13-18(19(22-26-13)14-7-3-2-4-8-14)16-11-23(12-21-16)17-10-6-5-9-15(17)20(24)25/h2-12H,1H3,(H,24,25). The topological polar surface area (TPSA) is 81.2 Å². The number of aromatic nitrogens is 3. The minimum atomic E-state index is -0.984. The van der Waals surface area contributed by atoms with Crippen LogP contribution in [0.3, 0.4) is 0 Å². The van der Waals surface area contributed by atoms with Crippen molar-refractivity contribution >= 4 is 5.97 Å². The number of para-hydroxylation sites is 1. The highest BCUT2D eigenvalue weighted by molar-refractivity contribution is 5.92. The fourth-order valence-corrected chi connectivity index (χ4v) is 2.93. The van der Waals surface area contributed by atoms with Crippen molar-refractivity contribution in [3.63, 3.8) is 0 Å². The van der Waals surface area contributed by atoms with Crippen molar-refractivity contribution < 1.29 is 14.4 Å². The van der Waals surface area contributed by atoms with Crippen LogP contribution in [-0.4, -0.2) is 25.8 Å². The van der Waals surface area contributed by atoms with E-state index in [0.29, 0.717) is 22.8 Å². The molecule has 0 aliphatic carbocycles. The van der Waals surface area contributed by atoms with E-state index >= 15 is 0 Å². The second-order valence-corrected chi connectivity index (χ2v) is 5.82. The minimum Gasteiger partial charge on any atom is -0.478 e. The third kappa shape index (κ3) is 2.67. The number of carboxylic acid groups (broad SMARTS) is 1. The summed E-state index contributed by atoms with van der Waals surface area (Å²) in [5.74, 6) is -0.331. The van der Waals surface area contributed by atoms with E-state index in [4.69, 9.17) is 4.52 Å². The van der Waals surface area contributed by atoms with Crippen molar-refractivity contribution in [2.24, 2.45) is 0 Å². The second kappa shape index (κ2) is 6.33. The molecular formula is C20H15N3O3. The Kier molecular flexibility index (Phi) is 3.85. The number of carbonyl (C=O) groups is 1. The van der Waals surface area contributed by atoms with Gasteiger partial charge in [0.1, 0.15) is 11.5 Å². The summed E-state index contributed by atoms with van der Waals surface area (Å²) in [5.41, 5.74) is 3.86. The predicted molar refractivity (Wildman–Crippen MR) is 96.2 cm³/mol. The maximum absolute atomic E-state index is 11.5. The van der Waals surface area contributed by atoms with Crippen LogP contribution in [0.5, 0.6) is 0 Å². The van der Waals surface area contributed by atoms with Gasteiger partial charge in [0, 0.05) is 11.8 Å². The molecule has 0 radical (unpaired) electrons. The zero-order chi connectivity index (χ0) is 18.1. The average molecular weight is 345 g/mol. The lowest BCUT2D eigenvalue weighted by molar-refractivity contribution is 0.0697. The van der Waals surface area contributed by atoms with Crippen LogP contribution in [0, 0.1) is 6.92 Å². The normalized spacial score (nSPS) is 10.8. The number of hydrogen-bond donors (Lipinski definition) is 1. The molecule has 2 aromatic carbocycles. The molecule has 26 heavy (non-hydrogen) atoms. The highest BCUT2D eigenvalue weighted by Crippen LogP contribution is 2.33. The number of nitrogens with zero attached hydrogens (tertiary/aromatic N) is 3. The summed E-state index contributed by atoms with van der Waals surface area (Å²) in [5, 5.41) is 13.6. The highest BCUT2D eigenvalue weighted by atomic mass is 16.5. The van der Waals surface area contributed by atoms with Crippen LogP contribution in [-0.2, 0) is 0 Å². The Balaban J connectivity index is 1.82. The van der Waals surface area contributed by atoms with E-state index in [-0.39, 0.29) is 5.56 Å². The van der Waals surface area contributed by atoms with Gasteiger partial charge in [-0.05, 0) is 19.1 Å². The van der Waals surface area contributed by atoms with Gasteiger partial charge in [-0.2, -0.15) is 0 Å². The van der Waals surface area contributed by atoms with Crippen LogP contribution in [0.2, 0.25) is 0 Å². The number of aromatic carboxylic acids is 1. The molecule has 6 heteroatoms. The van der Waals surface area contributed by atoms with Gasteiger partial charge in [0.15, 0.2) is 0 Å². The molecule has 1 N–H and O–H groups in total. The van der Waals surface area contributed by atoms with Gasteiger partial charge in [-0.15, -0.1) is 0 Å². The van der Waals surface area contributed by atoms with Gasteiger partial charge in [0.2, 0.25) is 0 Å². The third-order valence-corrected chi connectivity index (χ3v) is 4.16. The van der Waals surface area contributed by atoms with Crippen molar-refractivity contribution in [3.8, 4) is 28.2 Å². The zero-order valence-corrected chi connectivity index (χ0v) is 14.0. The number of hydrogen-bond acceptors (Lipinski definition) is 4. The molecule has 0 fully saturated rings. The molecule has 0 aliphatic rings. The lowest BCUT2D eigenvalue weighted by Gasteiger charge is -2.05. The average Bonchev–Trinajstić information content (AvgIpc) is 3.29. The highest BCUT2D eigenvalue weighted by Gasteiger charge is 2.19. The second-order valence-electron chi connectivity index (χ2n) is 5.82. The fraction of sp³-hybridized carbons (Fsp3) is 0.0500. The van der Waals surface area contributed by atoms with Crippen LogP contribution in [0.25, 0.3) is 28.2 Å². The molecule has 0 saturated heterocycles. The Bertz CT molecular complexity index is 1080. The van der Waals surface area contributed by atoms with Gasteiger partial charge in [-0.1, -0.05) is 47.6 Å². The van der Waals surface area contributed by atoms with Crippen molar-refractivity contribution in [2.75, 3.05) is 0 Å². The molecule has 0 bridgehead atoms. The van der Waals surface area contributed by atoms with E-state index < -0.39 is 5.97 Å². The van der Waals surface area contributed by atoms with Crippen LogP contribution >= 0.6 is 0 Å². The number of rotatable bonds is 4. The van der Waals surface area contributed by atoms with E-state index in [0.717, 1.165) is 11.1 Å². The lowest BCUT2D eigenvalue weighted by Crippen LogP contribution is -2.03. The summed E-state index contributed by atoms with van der Waals surface area (Å²) < 4.78 is 7.08. The van der Waals surface area contributed by atoms with Crippen LogP contribution in [0.4, 0.5) is 0 Å². The molecule has 0 saturated carbocycles. The van der Waals surface area contributed by atoms with E-state index in [9.17, 15) is 9.90 Å². The summed E-state index contributed by atoms with van der Waals surface area (Å²) in [7, 11) is 0. The Morgan fingerprint density at radius 1 is 1.08 bits per heavy atom. The smallest absolute Gasteiger partial charge is 0.337 e. The van der Waals surface area contributed by atoms with E-state index in [1.54, 1.807) is 41.4 Å². The summed E-state index contributed by atoms with van der Waals surface area (Å²) in [4.78, 5) is 15.9. The van der Waals surface area contributed by atoms with Crippen LogP contribution in [0.1, 0.15) is 16.1 Å². The fourth-order valence-electron chi connectivity index (χ4n) is 2.93. The monoisotopic (exact) mass is 345 g/mol. The van der Waals surface area contributed by atoms with Crippen molar-refractivity contribution in [3.05, 3.63) is 78.4 Å². The SMILES string of the molecule is Cc1onc(-c2ccccc2)c1-c1cn(-c2ccccc2C(=O)O)cn1. The molecule has 2 heterocycles. The molecule has 0 aliphatic heterocycles. The molecular weight excluding hydrogens is 330 g/mol. The molecule has 6 nitrogen and oxygen atoms in total. The minimum absolute atomic E-state index is 0.210. The Labute approximate surface area is 149 Å². The molecule has 128 valence electrons. The number of carboxylic acids is 1. The Hall–Kier alpha value is -3.67. The van der Waals surface area contributed by atoms with Gasteiger partial charge in [0.25, 0.3) is 0 Å². The summed E-state index contributed by atoms with van der Waals surface area (Å²) in [6, 6.07) is 16.5. The van der Waals surface area contributed by atoms with E-state index in [1.165, 1.54) is 0 Å². The van der Waals surface area contributed by atoms with Crippen molar-refractivity contribution in [1.29, 1.82) is 0 Å². The maximum atomic E-state index is 11.5. The molecule has 2 aromatic heterocycles. The molecule has 4 aromatic rings. The van der Waals surface area contributed by atoms with E-state index in [1.807, 2.05) is 37.3 Å². The predicted octanol–water partition coefficient (Wildman–Crippen LogP) is 4.20. The van der Waals surface area contributed by atoms with E-state index in [2.05, 4.69) is 10.1 Å². The quantitative estimate of drug-likeness (QED) is 0.599. The van der Waals surface area contributed by atoms with Crippen molar-refractivity contribution in [1.82, 2.24) is 14.7 Å². The van der Waals surface area contributed by atoms with Gasteiger partial charge in [-0.3, -0.25) is 0 Å². The first-order chi connectivity index (χ1) is 12.6. The molecule has 4 rings (SSSR count). The third-order valence-electron chi connectivity index (χ3n) is 4.16. The summed E-state index contributed by atoms with van der Waals surface area (Å²) in [6.45, 7) is 1.83. The van der Waals surface area contributed by atoms with Crippen LogP contribution in [0.15, 0.2) is 71.6 Å². The Morgan fingerprint density at radius 3 is 2.58 bits per heavy atom.